The van der Waals surface area contributed by atoms with Crippen LogP contribution in [0.1, 0.15) is 25.3 Å². The minimum absolute atomic E-state index is 0.222. The second-order valence-corrected chi connectivity index (χ2v) is 4.23. The van der Waals surface area contributed by atoms with Crippen LogP contribution in [0.4, 0.5) is 4.39 Å². The maximum Gasteiger partial charge on any atom is 0.165 e. The van der Waals surface area contributed by atoms with Gasteiger partial charge in [-0.1, -0.05) is 13.0 Å². The molecule has 3 nitrogen and oxygen atoms in total. The van der Waals surface area contributed by atoms with E-state index >= 15 is 0 Å². The Bertz CT molecular complexity index is 355. The summed E-state index contributed by atoms with van der Waals surface area (Å²) in [5.41, 5.74) is 0.760. The summed E-state index contributed by atoms with van der Waals surface area (Å²) in [6.07, 6.45) is 1.46. The highest BCUT2D eigenvalue weighted by Gasteiger charge is 2.08. The van der Waals surface area contributed by atoms with Gasteiger partial charge in [0.2, 0.25) is 0 Å². The summed E-state index contributed by atoms with van der Waals surface area (Å²) in [6, 6.07) is 4.73. The average molecular weight is 256 g/mol. The molecule has 0 aliphatic carbocycles. The first-order valence-corrected chi connectivity index (χ1v) is 6.25. The lowest BCUT2D eigenvalue weighted by Gasteiger charge is -2.11. The number of rotatable bonds is 8. The van der Waals surface area contributed by atoms with Crippen molar-refractivity contribution in [2.45, 2.75) is 32.3 Å². The van der Waals surface area contributed by atoms with Crippen molar-refractivity contribution < 1.29 is 19.0 Å². The number of halogens is 1. The van der Waals surface area contributed by atoms with Crippen molar-refractivity contribution >= 4 is 0 Å². The van der Waals surface area contributed by atoms with E-state index in [1.165, 1.54) is 13.2 Å². The van der Waals surface area contributed by atoms with Crippen LogP contribution in [0.15, 0.2) is 18.2 Å². The van der Waals surface area contributed by atoms with Crippen molar-refractivity contribution in [3.8, 4) is 5.75 Å². The summed E-state index contributed by atoms with van der Waals surface area (Å²) < 4.78 is 23.6. The van der Waals surface area contributed by atoms with E-state index in [0.717, 1.165) is 12.0 Å². The molecule has 0 amide bonds. The quantitative estimate of drug-likeness (QED) is 0.726. The molecule has 0 saturated heterocycles. The molecule has 0 aliphatic rings. The van der Waals surface area contributed by atoms with Crippen LogP contribution in [0.3, 0.4) is 0 Å². The van der Waals surface area contributed by atoms with Crippen LogP contribution in [0.2, 0.25) is 0 Å². The highest BCUT2D eigenvalue weighted by atomic mass is 19.1. The Morgan fingerprint density at radius 2 is 2.11 bits per heavy atom. The number of hydrogen-bond acceptors (Lipinski definition) is 3. The fourth-order valence-electron chi connectivity index (χ4n) is 1.68. The predicted molar refractivity (Wildman–Crippen MR) is 68.4 cm³/mol. The van der Waals surface area contributed by atoms with Gasteiger partial charge in [0.15, 0.2) is 11.6 Å². The summed E-state index contributed by atoms with van der Waals surface area (Å²) >= 11 is 0. The summed E-state index contributed by atoms with van der Waals surface area (Å²) in [7, 11) is 1.43. The molecule has 0 spiro atoms. The van der Waals surface area contributed by atoms with Crippen LogP contribution in [0.5, 0.6) is 5.75 Å². The fraction of sp³-hybridized carbons (Fsp3) is 0.571. The molecular weight excluding hydrogens is 235 g/mol. The second kappa shape index (κ2) is 8.06. The average Bonchev–Trinajstić information content (AvgIpc) is 2.35. The molecule has 1 unspecified atom stereocenters. The maximum atomic E-state index is 13.4. The Hall–Kier alpha value is -1.13. The van der Waals surface area contributed by atoms with Gasteiger partial charge in [-0.2, -0.15) is 0 Å². The molecule has 0 radical (unpaired) electrons. The number of ether oxygens (including phenoxy) is 2. The lowest BCUT2D eigenvalue weighted by Crippen LogP contribution is -2.14. The Morgan fingerprint density at radius 1 is 1.33 bits per heavy atom. The third kappa shape index (κ3) is 5.02. The van der Waals surface area contributed by atoms with Gasteiger partial charge in [-0.15, -0.1) is 0 Å². The lowest BCUT2D eigenvalue weighted by atomic mass is 10.1. The highest BCUT2D eigenvalue weighted by molar-refractivity contribution is 5.29. The molecule has 0 aromatic heterocycles. The van der Waals surface area contributed by atoms with Crippen LogP contribution in [0, 0.1) is 5.82 Å². The van der Waals surface area contributed by atoms with Gasteiger partial charge < -0.3 is 14.6 Å². The topological polar surface area (TPSA) is 38.7 Å². The van der Waals surface area contributed by atoms with Crippen LogP contribution < -0.4 is 4.74 Å². The van der Waals surface area contributed by atoms with E-state index in [-0.39, 0.29) is 5.75 Å². The molecule has 0 heterocycles. The van der Waals surface area contributed by atoms with Crippen molar-refractivity contribution in [3.05, 3.63) is 29.6 Å². The number of aliphatic hydroxyl groups excluding tert-OH is 1. The van der Waals surface area contributed by atoms with E-state index in [1.54, 1.807) is 12.1 Å². The molecule has 0 saturated carbocycles. The molecule has 102 valence electrons. The highest BCUT2D eigenvalue weighted by Crippen LogP contribution is 2.18. The third-order valence-corrected chi connectivity index (χ3v) is 2.63. The van der Waals surface area contributed by atoms with Crippen LogP contribution in [0.25, 0.3) is 0 Å². The van der Waals surface area contributed by atoms with Crippen molar-refractivity contribution in [3.63, 3.8) is 0 Å². The summed E-state index contributed by atoms with van der Waals surface area (Å²) in [6.45, 7) is 3.29. The molecule has 1 aromatic rings. The monoisotopic (exact) mass is 256 g/mol. The number of methoxy groups -OCH3 is 1. The largest absolute Gasteiger partial charge is 0.494 e. The first-order valence-electron chi connectivity index (χ1n) is 6.25. The number of aliphatic hydroxyl groups is 1. The SMILES string of the molecule is CCCOCCC(O)Cc1ccc(OC)c(F)c1. The van der Waals surface area contributed by atoms with Gasteiger partial charge >= 0.3 is 0 Å². The summed E-state index contributed by atoms with van der Waals surface area (Å²) in [4.78, 5) is 0. The van der Waals surface area contributed by atoms with Crippen molar-refractivity contribution in [2.24, 2.45) is 0 Å². The minimum atomic E-state index is -0.505. The van der Waals surface area contributed by atoms with E-state index in [2.05, 4.69) is 0 Å². The van der Waals surface area contributed by atoms with Gasteiger partial charge in [0.25, 0.3) is 0 Å². The van der Waals surface area contributed by atoms with E-state index in [1.807, 2.05) is 6.92 Å². The standard InChI is InChI=1S/C14H21FO3/c1-3-7-18-8-6-12(16)9-11-4-5-14(17-2)13(15)10-11/h4-5,10,12,16H,3,6-9H2,1-2H3. The smallest absolute Gasteiger partial charge is 0.165 e. The van der Waals surface area contributed by atoms with Crippen LogP contribution in [-0.4, -0.2) is 31.5 Å². The second-order valence-electron chi connectivity index (χ2n) is 4.23. The third-order valence-electron chi connectivity index (χ3n) is 2.63. The zero-order valence-corrected chi connectivity index (χ0v) is 11.0. The first-order chi connectivity index (χ1) is 8.67. The Morgan fingerprint density at radius 3 is 2.72 bits per heavy atom. The molecule has 4 heteroatoms. The summed E-state index contributed by atoms with van der Waals surface area (Å²) in [5, 5.41) is 9.79. The van der Waals surface area contributed by atoms with Crippen molar-refractivity contribution in [2.75, 3.05) is 20.3 Å². The normalized spacial score (nSPS) is 12.4. The van der Waals surface area contributed by atoms with Crippen LogP contribution >= 0.6 is 0 Å². The number of hydrogen-bond donors (Lipinski definition) is 1. The molecule has 1 rings (SSSR count). The van der Waals surface area contributed by atoms with Crippen LogP contribution in [-0.2, 0) is 11.2 Å². The fourth-order valence-corrected chi connectivity index (χ4v) is 1.68. The van der Waals surface area contributed by atoms with E-state index in [9.17, 15) is 9.50 Å². The van der Waals surface area contributed by atoms with Gasteiger partial charge in [-0.25, -0.2) is 4.39 Å². The Kier molecular flexibility index (Phi) is 6.68. The van der Waals surface area contributed by atoms with E-state index < -0.39 is 11.9 Å². The molecule has 18 heavy (non-hydrogen) atoms. The van der Waals surface area contributed by atoms with Gasteiger partial charge in [0, 0.05) is 13.2 Å². The van der Waals surface area contributed by atoms with E-state index in [0.29, 0.717) is 26.1 Å². The first kappa shape index (κ1) is 14.9. The Labute approximate surface area is 108 Å². The lowest BCUT2D eigenvalue weighted by molar-refractivity contribution is 0.0824. The van der Waals surface area contributed by atoms with Gasteiger partial charge in [0.05, 0.1) is 13.2 Å². The zero-order valence-electron chi connectivity index (χ0n) is 11.0. The molecule has 1 aromatic carbocycles. The molecule has 0 fully saturated rings. The molecule has 0 bridgehead atoms. The van der Waals surface area contributed by atoms with Gasteiger partial charge in [-0.05, 0) is 37.0 Å². The van der Waals surface area contributed by atoms with E-state index in [4.69, 9.17) is 9.47 Å². The molecule has 1 N–H and O–H groups in total. The summed E-state index contributed by atoms with van der Waals surface area (Å²) in [5.74, 6) is -0.177. The van der Waals surface area contributed by atoms with Crippen molar-refractivity contribution in [1.82, 2.24) is 0 Å². The predicted octanol–water partition coefficient (Wildman–Crippen LogP) is 2.55. The number of benzene rings is 1. The maximum absolute atomic E-state index is 13.4. The molecular formula is C14H21FO3. The van der Waals surface area contributed by atoms with Crippen molar-refractivity contribution in [1.29, 1.82) is 0 Å². The Balaban J connectivity index is 2.39. The van der Waals surface area contributed by atoms with Gasteiger partial charge in [-0.3, -0.25) is 0 Å². The molecule has 1 atom stereocenters. The van der Waals surface area contributed by atoms with Gasteiger partial charge in [0.1, 0.15) is 0 Å². The minimum Gasteiger partial charge on any atom is -0.494 e. The molecule has 0 aliphatic heterocycles. The zero-order chi connectivity index (χ0) is 13.4.